The van der Waals surface area contributed by atoms with E-state index in [9.17, 15) is 14.0 Å². The average Bonchev–Trinajstić information content (AvgIpc) is 2.38. The van der Waals surface area contributed by atoms with Crippen LogP contribution in [0.5, 0.6) is 0 Å². The lowest BCUT2D eigenvalue weighted by atomic mass is 10.2. The number of amides is 1. The minimum Gasteiger partial charge on any atom is -0.480 e. The summed E-state index contributed by atoms with van der Waals surface area (Å²) >= 11 is 1.07. The van der Waals surface area contributed by atoms with Gasteiger partial charge in [0, 0.05) is 12.1 Å². The van der Waals surface area contributed by atoms with Gasteiger partial charge in [0.2, 0.25) is 5.91 Å². The van der Waals surface area contributed by atoms with E-state index in [1.54, 1.807) is 25.1 Å². The highest BCUT2D eigenvalue weighted by atomic mass is 32.2. The highest BCUT2D eigenvalue weighted by molar-refractivity contribution is 8.01. The quantitative estimate of drug-likeness (QED) is 0.804. The van der Waals surface area contributed by atoms with Gasteiger partial charge in [0.25, 0.3) is 0 Å². The number of nitrogens with one attached hydrogen (secondary N) is 1. The molecule has 0 bridgehead atoms. The molecule has 2 N–H and O–H groups in total. The van der Waals surface area contributed by atoms with Gasteiger partial charge in [-0.1, -0.05) is 25.1 Å². The summed E-state index contributed by atoms with van der Waals surface area (Å²) in [5.41, 5.74) is 0.408. The Morgan fingerprint density at radius 2 is 2.11 bits per heavy atom. The van der Waals surface area contributed by atoms with Crippen LogP contribution in [0.3, 0.4) is 0 Å². The van der Waals surface area contributed by atoms with Crippen LogP contribution in [0.1, 0.15) is 18.9 Å². The van der Waals surface area contributed by atoms with E-state index in [4.69, 9.17) is 5.11 Å². The number of rotatable bonds is 7. The van der Waals surface area contributed by atoms with Crippen molar-refractivity contribution in [3.8, 4) is 0 Å². The first kappa shape index (κ1) is 15.5. The first-order valence-electron chi connectivity index (χ1n) is 5.89. The third kappa shape index (κ3) is 5.30. The van der Waals surface area contributed by atoms with Crippen LogP contribution in [-0.2, 0) is 16.1 Å². The van der Waals surface area contributed by atoms with Gasteiger partial charge in [-0.3, -0.25) is 9.59 Å². The highest BCUT2D eigenvalue weighted by Gasteiger charge is 2.16. The number of carbonyl (C=O) groups is 2. The number of carbonyl (C=O) groups excluding carboxylic acids is 1. The van der Waals surface area contributed by atoms with E-state index in [1.165, 1.54) is 6.07 Å². The molecule has 0 saturated heterocycles. The zero-order valence-electron chi connectivity index (χ0n) is 10.6. The zero-order valence-corrected chi connectivity index (χ0v) is 11.4. The lowest BCUT2D eigenvalue weighted by Gasteiger charge is -2.10. The summed E-state index contributed by atoms with van der Waals surface area (Å²) < 4.78 is 13.3. The van der Waals surface area contributed by atoms with Crippen LogP contribution in [0.15, 0.2) is 24.3 Å². The summed E-state index contributed by atoms with van der Waals surface area (Å²) in [5, 5.41) is 10.8. The Morgan fingerprint density at radius 3 is 2.68 bits per heavy atom. The van der Waals surface area contributed by atoms with E-state index in [0.717, 1.165) is 11.8 Å². The molecule has 0 aromatic heterocycles. The van der Waals surface area contributed by atoms with E-state index >= 15 is 0 Å². The molecule has 0 aliphatic rings. The molecule has 1 atom stereocenters. The molecule has 0 heterocycles. The van der Waals surface area contributed by atoms with Crippen LogP contribution in [0.25, 0.3) is 0 Å². The Balaban J connectivity index is 2.36. The number of carboxylic acid groups (broad SMARTS) is 1. The second kappa shape index (κ2) is 7.78. The largest absolute Gasteiger partial charge is 0.480 e. The van der Waals surface area contributed by atoms with E-state index in [1.807, 2.05) is 0 Å². The van der Waals surface area contributed by atoms with Crippen LogP contribution in [0.4, 0.5) is 4.39 Å². The number of carboxylic acids is 1. The smallest absolute Gasteiger partial charge is 0.316 e. The lowest BCUT2D eigenvalue weighted by Crippen LogP contribution is -2.27. The summed E-state index contributed by atoms with van der Waals surface area (Å²) in [5.74, 6) is -1.53. The molecule has 6 heteroatoms. The maximum atomic E-state index is 13.3. The Labute approximate surface area is 115 Å². The van der Waals surface area contributed by atoms with Crippen molar-refractivity contribution >= 4 is 23.6 Å². The predicted octanol–water partition coefficient (Wildman–Crippen LogP) is 2.04. The van der Waals surface area contributed by atoms with Crippen molar-refractivity contribution in [3.63, 3.8) is 0 Å². The van der Waals surface area contributed by atoms with Crippen molar-refractivity contribution in [3.05, 3.63) is 35.6 Å². The minimum absolute atomic E-state index is 0.0548. The molecule has 0 aliphatic carbocycles. The van der Waals surface area contributed by atoms with Gasteiger partial charge in [0.05, 0.1) is 5.75 Å². The predicted molar refractivity (Wildman–Crippen MR) is 72.4 cm³/mol. The fourth-order valence-electron chi connectivity index (χ4n) is 1.43. The second-order valence-electron chi connectivity index (χ2n) is 3.91. The van der Waals surface area contributed by atoms with Crippen molar-refractivity contribution in [2.45, 2.75) is 25.1 Å². The number of halogens is 1. The highest BCUT2D eigenvalue weighted by Crippen LogP contribution is 2.14. The van der Waals surface area contributed by atoms with E-state index in [2.05, 4.69) is 5.32 Å². The second-order valence-corrected chi connectivity index (χ2v) is 5.11. The van der Waals surface area contributed by atoms with Gasteiger partial charge in [0.1, 0.15) is 11.1 Å². The molecule has 1 aromatic rings. The number of benzene rings is 1. The van der Waals surface area contributed by atoms with Gasteiger partial charge in [-0.25, -0.2) is 4.39 Å². The topological polar surface area (TPSA) is 66.4 Å². The Bertz CT molecular complexity index is 453. The Kier molecular flexibility index (Phi) is 6.35. The summed E-state index contributed by atoms with van der Waals surface area (Å²) in [6, 6.07) is 6.19. The molecule has 0 saturated carbocycles. The van der Waals surface area contributed by atoms with Crippen LogP contribution in [0, 0.1) is 5.82 Å². The molecule has 19 heavy (non-hydrogen) atoms. The first-order valence-corrected chi connectivity index (χ1v) is 6.94. The van der Waals surface area contributed by atoms with Gasteiger partial charge >= 0.3 is 5.97 Å². The van der Waals surface area contributed by atoms with Gasteiger partial charge in [-0.05, 0) is 12.5 Å². The fraction of sp³-hybridized carbons (Fsp3) is 0.385. The van der Waals surface area contributed by atoms with Crippen molar-refractivity contribution in [2.24, 2.45) is 0 Å². The SMILES string of the molecule is CCC(SCC(=O)NCc1ccccc1F)C(=O)O. The van der Waals surface area contributed by atoms with E-state index in [0.29, 0.717) is 12.0 Å². The Morgan fingerprint density at radius 1 is 1.42 bits per heavy atom. The number of aliphatic carboxylic acids is 1. The van der Waals surface area contributed by atoms with Crippen molar-refractivity contribution < 1.29 is 19.1 Å². The van der Waals surface area contributed by atoms with Crippen molar-refractivity contribution in [1.82, 2.24) is 5.32 Å². The molecule has 1 rings (SSSR count). The summed E-state index contributed by atoms with van der Waals surface area (Å²) in [7, 11) is 0. The molecule has 0 spiro atoms. The third-order valence-corrected chi connectivity index (χ3v) is 3.86. The third-order valence-electron chi connectivity index (χ3n) is 2.50. The molecule has 1 amide bonds. The minimum atomic E-state index is -0.922. The Hall–Kier alpha value is -1.56. The van der Waals surface area contributed by atoms with Crippen molar-refractivity contribution in [1.29, 1.82) is 0 Å². The van der Waals surface area contributed by atoms with Gasteiger partial charge in [-0.15, -0.1) is 11.8 Å². The monoisotopic (exact) mass is 285 g/mol. The number of hydrogen-bond acceptors (Lipinski definition) is 3. The normalized spacial score (nSPS) is 11.9. The number of thioether (sulfide) groups is 1. The lowest BCUT2D eigenvalue weighted by molar-refractivity contribution is -0.136. The number of hydrogen-bond donors (Lipinski definition) is 2. The molecular formula is C13H16FNO3S. The molecule has 1 unspecified atom stereocenters. The maximum absolute atomic E-state index is 13.3. The molecule has 0 radical (unpaired) electrons. The summed E-state index contributed by atoms with van der Waals surface area (Å²) in [6.45, 7) is 1.86. The average molecular weight is 285 g/mol. The molecule has 4 nitrogen and oxygen atoms in total. The standard InChI is InChI=1S/C13H16FNO3S/c1-2-11(13(17)18)19-8-12(16)15-7-9-5-3-4-6-10(9)14/h3-6,11H,2,7-8H2,1H3,(H,15,16)(H,17,18). The molecule has 104 valence electrons. The van der Waals surface area contributed by atoms with Gasteiger partial charge in [0.15, 0.2) is 0 Å². The molecular weight excluding hydrogens is 269 g/mol. The molecule has 0 aliphatic heterocycles. The molecule has 1 aromatic carbocycles. The first-order chi connectivity index (χ1) is 9.04. The van der Waals surface area contributed by atoms with E-state index < -0.39 is 11.2 Å². The van der Waals surface area contributed by atoms with Crippen LogP contribution >= 0.6 is 11.8 Å². The van der Waals surface area contributed by atoms with Crippen LogP contribution in [-0.4, -0.2) is 28.0 Å². The van der Waals surface area contributed by atoms with Crippen molar-refractivity contribution in [2.75, 3.05) is 5.75 Å². The van der Waals surface area contributed by atoms with E-state index in [-0.39, 0.29) is 24.0 Å². The van der Waals surface area contributed by atoms with Gasteiger partial charge in [-0.2, -0.15) is 0 Å². The van der Waals surface area contributed by atoms with Gasteiger partial charge < -0.3 is 10.4 Å². The van der Waals surface area contributed by atoms with Crippen LogP contribution in [0.2, 0.25) is 0 Å². The zero-order chi connectivity index (χ0) is 14.3. The fourth-order valence-corrected chi connectivity index (χ4v) is 2.26. The summed E-state index contributed by atoms with van der Waals surface area (Å²) in [4.78, 5) is 22.3. The van der Waals surface area contributed by atoms with Crippen LogP contribution < -0.4 is 5.32 Å². The molecule has 0 fully saturated rings. The maximum Gasteiger partial charge on any atom is 0.316 e. The summed E-state index contributed by atoms with van der Waals surface area (Å²) in [6.07, 6.45) is 0.459.